The lowest BCUT2D eigenvalue weighted by Gasteiger charge is -2.04. The van der Waals surface area contributed by atoms with Crippen LogP contribution in [0.2, 0.25) is 0 Å². The number of aliphatic hydroxyl groups excluding tert-OH is 1. The standard InChI is InChI=1S/C11H12O4S.C6H10O3.C5H3ClOS.CH4/c1-8(2)10(12)14-5-6-15-11(13)9-4-3-7-16-9;1-5(2)6(8)9-4-3-7;6-5(7)4-2-1-3-8-4;/h3-4,7H,1,5-6H2,2H3;7H,1,3-4H2,2H3;1-3H;1H4/i;;;1T. The normalized spacial score (nSPS) is 9.15. The number of rotatable bonds is 9. The van der Waals surface area contributed by atoms with Crippen LogP contribution in [-0.2, 0) is 23.8 Å². The van der Waals surface area contributed by atoms with E-state index < -0.39 is 17.9 Å². The van der Waals surface area contributed by atoms with Gasteiger partial charge in [-0.3, -0.25) is 4.79 Å². The van der Waals surface area contributed by atoms with Crippen LogP contribution in [0.15, 0.2) is 59.3 Å². The number of ether oxygens (including phenoxy) is 3. The van der Waals surface area contributed by atoms with E-state index in [-0.39, 0.29) is 31.7 Å². The third-order valence-electron chi connectivity index (χ3n) is 3.01. The minimum absolute atomic E-state index is 0.0445. The second-order valence-corrected chi connectivity index (χ2v) is 8.16. The maximum Gasteiger partial charge on any atom is 0.348 e. The molecule has 0 saturated heterocycles. The molecule has 188 valence electrons. The Morgan fingerprint density at radius 3 is 1.71 bits per heavy atom. The molecule has 8 nitrogen and oxygen atoms in total. The fourth-order valence-electron chi connectivity index (χ4n) is 1.51. The van der Waals surface area contributed by atoms with Gasteiger partial charge in [0.1, 0.15) is 24.7 Å². The predicted molar refractivity (Wildman–Crippen MR) is 134 cm³/mol. The molecule has 11 heteroatoms. The summed E-state index contributed by atoms with van der Waals surface area (Å²) in [5.74, 6) is -1.34. The van der Waals surface area contributed by atoms with E-state index in [4.69, 9.17) is 27.6 Å². The molecule has 2 aromatic rings. The van der Waals surface area contributed by atoms with E-state index in [2.05, 4.69) is 17.9 Å². The van der Waals surface area contributed by atoms with Crippen molar-refractivity contribution in [2.75, 3.05) is 26.4 Å². The highest BCUT2D eigenvalue weighted by atomic mass is 35.5. The quantitative estimate of drug-likeness (QED) is 0.159. The zero-order valence-electron chi connectivity index (χ0n) is 20.2. The van der Waals surface area contributed by atoms with Crippen LogP contribution < -0.4 is 0 Å². The highest BCUT2D eigenvalue weighted by Crippen LogP contribution is 2.10. The molecule has 0 fully saturated rings. The second kappa shape index (κ2) is 19.7. The summed E-state index contributed by atoms with van der Waals surface area (Å²) in [6, 6.07) is 6.93. The second-order valence-electron chi connectivity index (χ2n) is 5.92. The molecular formula is C23H29ClO8S2. The van der Waals surface area contributed by atoms with Crippen molar-refractivity contribution in [2.24, 2.45) is 0 Å². The van der Waals surface area contributed by atoms with Gasteiger partial charge < -0.3 is 19.3 Å². The van der Waals surface area contributed by atoms with Crippen LogP contribution in [0.1, 0.15) is 42.0 Å². The monoisotopic (exact) mass is 534 g/mol. The molecule has 0 aliphatic heterocycles. The molecule has 34 heavy (non-hydrogen) atoms. The van der Waals surface area contributed by atoms with Crippen molar-refractivity contribution >= 4 is 57.4 Å². The van der Waals surface area contributed by atoms with Crippen LogP contribution in [0.25, 0.3) is 0 Å². The average Bonchev–Trinajstić information content (AvgIpc) is 3.56. The molecule has 0 aliphatic carbocycles. The predicted octanol–water partition coefficient (Wildman–Crippen LogP) is 4.89. The van der Waals surface area contributed by atoms with Gasteiger partial charge in [-0.05, 0) is 48.3 Å². The molecule has 0 saturated carbocycles. The van der Waals surface area contributed by atoms with E-state index in [0.717, 1.165) is 0 Å². The van der Waals surface area contributed by atoms with E-state index >= 15 is 0 Å². The molecule has 2 aromatic heterocycles. The lowest BCUT2D eigenvalue weighted by atomic mass is 10.4. The Labute approximate surface area is 213 Å². The van der Waals surface area contributed by atoms with Gasteiger partial charge in [-0.2, -0.15) is 0 Å². The average molecular weight is 535 g/mol. The first kappa shape index (κ1) is 31.2. The first-order valence-corrected chi connectivity index (χ1v) is 11.4. The summed E-state index contributed by atoms with van der Waals surface area (Å²) in [7, 11) is 1.25. The van der Waals surface area contributed by atoms with E-state index in [1.807, 2.05) is 5.38 Å². The SMILES string of the molecule is C=C(C)C(=O)OCCO.C=C(C)C(=O)OCCOC(=O)c1cccs1.O=C(Cl)c1cccs1.[3H]C. The number of carbonyl (C=O) groups excluding carboxylic acids is 4. The number of esters is 3. The molecule has 1 N–H and O–H groups in total. The topological polar surface area (TPSA) is 116 Å². The maximum atomic E-state index is 11.3. The van der Waals surface area contributed by atoms with Gasteiger partial charge in [-0.1, -0.05) is 32.7 Å². The molecule has 2 heterocycles. The number of aliphatic hydroxyl groups is 1. The smallest absolute Gasteiger partial charge is 0.348 e. The van der Waals surface area contributed by atoms with E-state index in [0.29, 0.717) is 20.9 Å². The van der Waals surface area contributed by atoms with Crippen molar-refractivity contribution < 1.29 is 39.9 Å². The van der Waals surface area contributed by atoms with Crippen molar-refractivity contribution in [3.8, 4) is 0 Å². The van der Waals surface area contributed by atoms with Crippen LogP contribution in [0.3, 0.4) is 0 Å². The molecule has 0 amide bonds. The third-order valence-corrected chi connectivity index (χ3v) is 5.04. The van der Waals surface area contributed by atoms with Crippen molar-refractivity contribution in [3.05, 3.63) is 69.1 Å². The van der Waals surface area contributed by atoms with Gasteiger partial charge in [0, 0.05) is 12.5 Å². The molecule has 0 spiro atoms. The van der Waals surface area contributed by atoms with Crippen molar-refractivity contribution in [1.29, 1.82) is 0 Å². The van der Waals surface area contributed by atoms with Crippen LogP contribution in [0.4, 0.5) is 0 Å². The van der Waals surface area contributed by atoms with E-state index in [1.54, 1.807) is 43.5 Å². The third kappa shape index (κ3) is 15.9. The lowest BCUT2D eigenvalue weighted by molar-refractivity contribution is -0.140. The number of thiophene rings is 2. The molecule has 2 rings (SSSR count). The van der Waals surface area contributed by atoms with Gasteiger partial charge in [0.2, 0.25) is 0 Å². The lowest BCUT2D eigenvalue weighted by Crippen LogP contribution is -2.13. The fraction of sp³-hybridized carbons (Fsp3) is 0.304. The molecule has 0 atom stereocenters. The number of hydrogen-bond acceptors (Lipinski definition) is 10. The van der Waals surface area contributed by atoms with Crippen molar-refractivity contribution in [2.45, 2.75) is 21.3 Å². The van der Waals surface area contributed by atoms with Gasteiger partial charge in [0.25, 0.3) is 5.24 Å². The molecule has 0 radical (unpaired) electrons. The van der Waals surface area contributed by atoms with Gasteiger partial charge in [-0.15, -0.1) is 22.7 Å². The number of halogens is 1. The zero-order chi connectivity index (χ0) is 27.2. The molecular weight excluding hydrogens is 504 g/mol. The molecule has 0 bridgehead atoms. The van der Waals surface area contributed by atoms with Crippen LogP contribution in [-0.4, -0.2) is 54.7 Å². The molecule has 0 unspecified atom stereocenters. The first-order chi connectivity index (χ1) is 16.6. The highest BCUT2D eigenvalue weighted by Gasteiger charge is 2.08. The van der Waals surface area contributed by atoms with Gasteiger partial charge in [-0.25, -0.2) is 14.4 Å². The Morgan fingerprint density at radius 2 is 1.35 bits per heavy atom. The number of carbonyl (C=O) groups is 4. The Hall–Kier alpha value is -2.79. The zero-order valence-corrected chi connectivity index (χ0v) is 21.6. The van der Waals surface area contributed by atoms with E-state index in [9.17, 15) is 19.2 Å². The fourth-order valence-corrected chi connectivity index (χ4v) is 2.88. The Bertz CT molecular complexity index is 912. The molecule has 0 aromatic carbocycles. The van der Waals surface area contributed by atoms with Gasteiger partial charge >= 0.3 is 17.9 Å². The summed E-state index contributed by atoms with van der Waals surface area (Å²) in [6.07, 6.45) is 0. The Morgan fingerprint density at radius 1 is 0.912 bits per heavy atom. The maximum absolute atomic E-state index is 11.3. The minimum Gasteiger partial charge on any atom is -0.460 e. The van der Waals surface area contributed by atoms with Crippen LogP contribution in [0.5, 0.6) is 0 Å². The van der Waals surface area contributed by atoms with Gasteiger partial charge in [0.05, 0.1) is 11.5 Å². The van der Waals surface area contributed by atoms with E-state index in [1.165, 1.54) is 30.1 Å². The summed E-state index contributed by atoms with van der Waals surface area (Å²) in [5, 5.41) is 11.4. The summed E-state index contributed by atoms with van der Waals surface area (Å²) >= 11 is 7.77. The Kier molecular flexibility index (Phi) is 18.0. The number of hydrogen-bond donors (Lipinski definition) is 1. The highest BCUT2D eigenvalue weighted by molar-refractivity contribution is 7.14. The Balaban J connectivity index is 0. The van der Waals surface area contributed by atoms with Gasteiger partial charge in [0.15, 0.2) is 0 Å². The van der Waals surface area contributed by atoms with Crippen LogP contribution >= 0.6 is 34.3 Å². The van der Waals surface area contributed by atoms with Crippen LogP contribution in [0, 0.1) is 0 Å². The minimum atomic E-state index is -0.479. The first-order valence-electron chi connectivity index (χ1n) is 10.3. The summed E-state index contributed by atoms with van der Waals surface area (Å²) in [6.45, 7) is 9.89. The summed E-state index contributed by atoms with van der Waals surface area (Å²) in [5.41, 5.74) is 0.674. The molecule has 0 aliphatic rings. The largest absolute Gasteiger partial charge is 0.460 e. The summed E-state index contributed by atoms with van der Waals surface area (Å²) < 4.78 is 19.9. The van der Waals surface area contributed by atoms with Crippen molar-refractivity contribution in [1.82, 2.24) is 0 Å². The van der Waals surface area contributed by atoms with Crippen molar-refractivity contribution in [3.63, 3.8) is 0 Å². The summed E-state index contributed by atoms with van der Waals surface area (Å²) in [4.78, 5) is 44.2.